The van der Waals surface area contributed by atoms with Crippen LogP contribution in [0.15, 0.2) is 39.8 Å². The number of unbranched alkanes of at least 4 members (excludes halogenated alkanes) is 2. The monoisotopic (exact) mass is 470 g/mol. The third-order valence-corrected chi connectivity index (χ3v) is 5.76. The maximum atomic E-state index is 12.9. The van der Waals surface area contributed by atoms with Gasteiger partial charge in [-0.15, -0.1) is 0 Å². The fraction of sp³-hybridized carbons (Fsp3) is 0.300. The van der Waals surface area contributed by atoms with Gasteiger partial charge in [0.15, 0.2) is 5.76 Å². The average molecular weight is 470 g/mol. The van der Waals surface area contributed by atoms with Crippen molar-refractivity contribution in [3.05, 3.63) is 46.7 Å². The van der Waals surface area contributed by atoms with Crippen LogP contribution in [0, 0.1) is 0 Å². The van der Waals surface area contributed by atoms with Crippen LogP contribution in [0.2, 0.25) is 0 Å². The zero-order chi connectivity index (χ0) is 22.6. The second-order valence-electron chi connectivity index (χ2n) is 6.67. The molecule has 2 aromatic heterocycles. The van der Waals surface area contributed by atoms with E-state index in [1.54, 1.807) is 0 Å². The fourth-order valence-electron chi connectivity index (χ4n) is 2.85. The number of carbonyl (C=O) groups excluding carboxylic acids is 1. The lowest BCUT2D eigenvalue weighted by Crippen LogP contribution is -2.29. The Morgan fingerprint density at radius 3 is 2.74 bits per heavy atom. The van der Waals surface area contributed by atoms with Gasteiger partial charge >= 0.3 is 12.1 Å². The van der Waals surface area contributed by atoms with Crippen molar-refractivity contribution in [2.45, 2.75) is 31.9 Å². The molecule has 0 atom stereocenters. The number of pyridine rings is 1. The van der Waals surface area contributed by atoms with Gasteiger partial charge in [-0.3, -0.25) is 19.5 Å². The summed E-state index contributed by atoms with van der Waals surface area (Å²) in [5.74, 6) is -0.711. The molecule has 1 aliphatic rings. The van der Waals surface area contributed by atoms with E-state index in [2.05, 4.69) is 4.98 Å². The van der Waals surface area contributed by atoms with Crippen molar-refractivity contribution >= 4 is 46.3 Å². The van der Waals surface area contributed by atoms with Crippen LogP contribution in [0.4, 0.5) is 13.2 Å². The Kier molecular flexibility index (Phi) is 7.16. The molecule has 1 saturated heterocycles. The summed E-state index contributed by atoms with van der Waals surface area (Å²) in [7, 11) is 0. The van der Waals surface area contributed by atoms with Crippen LogP contribution in [0.5, 0.6) is 0 Å². The summed E-state index contributed by atoms with van der Waals surface area (Å²) in [4.78, 5) is 28.8. The fourth-order valence-corrected chi connectivity index (χ4v) is 4.14. The third kappa shape index (κ3) is 5.95. The number of carbonyl (C=O) groups is 2. The number of rotatable bonds is 8. The number of aromatic nitrogens is 1. The summed E-state index contributed by atoms with van der Waals surface area (Å²) in [5.41, 5.74) is -0.803. The Labute approximate surface area is 185 Å². The standard InChI is InChI=1S/C20H17F3N2O4S2/c21-20(22,23)12-7-8-24-14(10-12)15-6-5-13(29-15)11-16-18(28)25(19(30)31-16)9-3-1-2-4-17(26)27/h5-8,10-11H,1-4,9H2,(H,26,27). The zero-order valence-corrected chi connectivity index (χ0v) is 17.6. The summed E-state index contributed by atoms with van der Waals surface area (Å²) >= 11 is 6.35. The van der Waals surface area contributed by atoms with Gasteiger partial charge in [0.05, 0.1) is 10.5 Å². The van der Waals surface area contributed by atoms with E-state index >= 15 is 0 Å². The molecule has 1 N–H and O–H groups in total. The van der Waals surface area contributed by atoms with Gasteiger partial charge in [0.25, 0.3) is 5.91 Å². The average Bonchev–Trinajstić information content (AvgIpc) is 3.27. The van der Waals surface area contributed by atoms with Crippen LogP contribution in [-0.4, -0.2) is 37.7 Å². The van der Waals surface area contributed by atoms with Gasteiger partial charge in [-0.1, -0.05) is 30.4 Å². The maximum absolute atomic E-state index is 12.9. The lowest BCUT2D eigenvalue weighted by molar-refractivity contribution is -0.138. The van der Waals surface area contributed by atoms with Crippen molar-refractivity contribution < 1.29 is 32.3 Å². The van der Waals surface area contributed by atoms with Crippen LogP contribution in [0.3, 0.4) is 0 Å². The number of carboxylic acid groups (broad SMARTS) is 1. The first-order valence-corrected chi connectivity index (χ1v) is 10.5. The molecular weight excluding hydrogens is 453 g/mol. The highest BCUT2D eigenvalue weighted by Crippen LogP contribution is 2.35. The number of aliphatic carboxylic acids is 1. The molecule has 3 heterocycles. The summed E-state index contributed by atoms with van der Waals surface area (Å²) in [6.45, 7) is 0.388. The second kappa shape index (κ2) is 9.65. The molecule has 0 spiro atoms. The SMILES string of the molecule is O=C(O)CCCCCN1C(=O)C(=Cc2ccc(-c3cc(C(F)(F)F)ccn3)o2)SC1=S. The molecule has 164 valence electrons. The van der Waals surface area contributed by atoms with Gasteiger partial charge in [0.1, 0.15) is 15.8 Å². The molecule has 0 aliphatic carbocycles. The summed E-state index contributed by atoms with van der Waals surface area (Å²) in [5, 5.41) is 8.65. The van der Waals surface area contributed by atoms with Crippen LogP contribution in [0.1, 0.15) is 37.0 Å². The van der Waals surface area contributed by atoms with E-state index in [-0.39, 0.29) is 29.5 Å². The van der Waals surface area contributed by atoms with Gasteiger partial charge < -0.3 is 9.52 Å². The highest BCUT2D eigenvalue weighted by atomic mass is 32.2. The third-order valence-electron chi connectivity index (χ3n) is 4.39. The van der Waals surface area contributed by atoms with E-state index in [9.17, 15) is 22.8 Å². The van der Waals surface area contributed by atoms with Crippen molar-refractivity contribution in [1.82, 2.24) is 9.88 Å². The molecule has 1 aliphatic heterocycles. The zero-order valence-electron chi connectivity index (χ0n) is 16.0. The Morgan fingerprint density at radius 1 is 1.26 bits per heavy atom. The van der Waals surface area contributed by atoms with E-state index in [1.807, 2.05) is 0 Å². The molecule has 0 unspecified atom stereocenters. The number of hydrogen-bond acceptors (Lipinski definition) is 6. The summed E-state index contributed by atoms with van der Waals surface area (Å²) < 4.78 is 44.6. The Bertz CT molecular complexity index is 1030. The lowest BCUT2D eigenvalue weighted by Gasteiger charge is -2.13. The number of hydrogen-bond donors (Lipinski definition) is 1. The minimum Gasteiger partial charge on any atom is -0.481 e. The number of thiocarbonyl (C=S) groups is 1. The smallest absolute Gasteiger partial charge is 0.416 e. The van der Waals surface area contributed by atoms with Gasteiger partial charge in [-0.2, -0.15) is 13.2 Å². The highest BCUT2D eigenvalue weighted by molar-refractivity contribution is 8.26. The van der Waals surface area contributed by atoms with Gasteiger partial charge in [-0.05, 0) is 37.1 Å². The van der Waals surface area contributed by atoms with Crippen molar-refractivity contribution in [3.63, 3.8) is 0 Å². The van der Waals surface area contributed by atoms with Gasteiger partial charge in [0.2, 0.25) is 0 Å². The van der Waals surface area contributed by atoms with Crippen molar-refractivity contribution in [3.8, 4) is 11.5 Å². The molecule has 1 fully saturated rings. The van der Waals surface area contributed by atoms with Crippen LogP contribution in [0.25, 0.3) is 17.5 Å². The summed E-state index contributed by atoms with van der Waals surface area (Å²) in [6, 6.07) is 4.79. The first-order valence-electron chi connectivity index (χ1n) is 9.26. The van der Waals surface area contributed by atoms with E-state index in [1.165, 1.54) is 23.1 Å². The van der Waals surface area contributed by atoms with E-state index < -0.39 is 17.7 Å². The molecular formula is C20H17F3N2O4S2. The minimum absolute atomic E-state index is 0.0309. The Morgan fingerprint density at radius 2 is 2.03 bits per heavy atom. The highest BCUT2D eigenvalue weighted by Gasteiger charge is 2.32. The molecule has 0 bridgehead atoms. The number of alkyl halides is 3. The topological polar surface area (TPSA) is 83.6 Å². The number of amides is 1. The molecule has 0 aromatic carbocycles. The number of carboxylic acids is 1. The Hall–Kier alpha value is -2.66. The predicted molar refractivity (Wildman–Crippen MR) is 113 cm³/mol. The van der Waals surface area contributed by atoms with Crippen molar-refractivity contribution in [1.29, 1.82) is 0 Å². The molecule has 11 heteroatoms. The number of halogens is 3. The van der Waals surface area contributed by atoms with Crippen LogP contribution in [-0.2, 0) is 15.8 Å². The van der Waals surface area contributed by atoms with E-state index in [0.29, 0.717) is 35.0 Å². The number of furan rings is 1. The Balaban J connectivity index is 1.67. The number of nitrogens with zero attached hydrogens (tertiary/aromatic N) is 2. The molecule has 3 rings (SSSR count). The molecule has 2 aromatic rings. The predicted octanol–water partition coefficient (Wildman–Crippen LogP) is 5.21. The van der Waals surface area contributed by atoms with E-state index in [0.717, 1.165) is 30.1 Å². The first-order chi connectivity index (χ1) is 14.6. The first kappa shape index (κ1) is 23.0. The molecule has 0 radical (unpaired) electrons. The van der Waals surface area contributed by atoms with Crippen molar-refractivity contribution in [2.24, 2.45) is 0 Å². The molecule has 6 nitrogen and oxygen atoms in total. The maximum Gasteiger partial charge on any atom is 0.416 e. The minimum atomic E-state index is -4.49. The van der Waals surface area contributed by atoms with Crippen molar-refractivity contribution in [2.75, 3.05) is 6.54 Å². The second-order valence-corrected chi connectivity index (χ2v) is 8.34. The normalized spacial score (nSPS) is 15.8. The van der Waals surface area contributed by atoms with Crippen LogP contribution >= 0.6 is 24.0 Å². The van der Waals surface area contributed by atoms with Gasteiger partial charge in [-0.25, -0.2) is 0 Å². The lowest BCUT2D eigenvalue weighted by atomic mass is 10.2. The summed E-state index contributed by atoms with van der Waals surface area (Å²) in [6.07, 6.45) is -0.0524. The molecule has 1 amide bonds. The van der Waals surface area contributed by atoms with E-state index in [4.69, 9.17) is 21.7 Å². The largest absolute Gasteiger partial charge is 0.481 e. The van der Waals surface area contributed by atoms with Gasteiger partial charge in [0, 0.05) is 25.2 Å². The molecule has 0 saturated carbocycles. The quantitative estimate of drug-likeness (QED) is 0.322. The number of thioether (sulfide) groups is 1. The molecule has 31 heavy (non-hydrogen) atoms. The van der Waals surface area contributed by atoms with Crippen LogP contribution < -0.4 is 0 Å².